The van der Waals surface area contributed by atoms with Crippen molar-refractivity contribution in [3.63, 3.8) is 0 Å². The molecule has 1 aliphatic rings. The standard InChI is InChI=1S/C13H12ClFN4O2/c14-11-16-12(19-5-7-20-8-6-19)18-13(17-11)21-10-3-1-9(15)2-4-10/h1-4H,5-8H2. The Morgan fingerprint density at radius 1 is 1.10 bits per heavy atom. The van der Waals surface area contributed by atoms with E-state index in [0.29, 0.717) is 38.0 Å². The molecule has 0 bridgehead atoms. The molecule has 8 heteroatoms. The molecule has 0 aliphatic carbocycles. The molecule has 1 aliphatic heterocycles. The lowest BCUT2D eigenvalue weighted by Crippen LogP contribution is -2.37. The summed E-state index contributed by atoms with van der Waals surface area (Å²) >= 11 is 5.90. The molecule has 0 unspecified atom stereocenters. The highest BCUT2D eigenvalue weighted by atomic mass is 35.5. The average molecular weight is 311 g/mol. The minimum atomic E-state index is -0.343. The fourth-order valence-electron chi connectivity index (χ4n) is 1.88. The molecular weight excluding hydrogens is 299 g/mol. The van der Waals surface area contributed by atoms with Crippen molar-refractivity contribution in [3.05, 3.63) is 35.4 Å². The zero-order valence-corrected chi connectivity index (χ0v) is 11.8. The van der Waals surface area contributed by atoms with Gasteiger partial charge in [-0.05, 0) is 35.9 Å². The lowest BCUT2D eigenvalue weighted by Gasteiger charge is -2.26. The van der Waals surface area contributed by atoms with Gasteiger partial charge in [0.1, 0.15) is 11.6 Å². The van der Waals surface area contributed by atoms with Crippen LogP contribution in [-0.4, -0.2) is 41.3 Å². The predicted molar refractivity (Wildman–Crippen MR) is 74.3 cm³/mol. The van der Waals surface area contributed by atoms with Crippen LogP contribution < -0.4 is 9.64 Å². The molecule has 0 N–H and O–H groups in total. The van der Waals surface area contributed by atoms with Crippen LogP contribution in [0.5, 0.6) is 11.8 Å². The number of rotatable bonds is 3. The SMILES string of the molecule is Fc1ccc(Oc2nc(Cl)nc(N3CCOCC3)n2)cc1. The highest BCUT2D eigenvalue weighted by Crippen LogP contribution is 2.21. The first kappa shape index (κ1) is 14.0. The van der Waals surface area contributed by atoms with Gasteiger partial charge in [0.25, 0.3) is 0 Å². The fraction of sp³-hybridized carbons (Fsp3) is 0.308. The number of benzene rings is 1. The summed E-state index contributed by atoms with van der Waals surface area (Å²) in [6.45, 7) is 2.57. The minimum Gasteiger partial charge on any atom is -0.424 e. The molecular formula is C13H12ClFN4O2. The van der Waals surface area contributed by atoms with E-state index in [1.165, 1.54) is 24.3 Å². The first-order valence-corrected chi connectivity index (χ1v) is 6.76. The van der Waals surface area contributed by atoms with E-state index < -0.39 is 0 Å². The predicted octanol–water partition coefficient (Wildman–Crippen LogP) is 2.29. The summed E-state index contributed by atoms with van der Waals surface area (Å²) in [4.78, 5) is 14.2. The molecule has 1 fully saturated rings. The zero-order valence-electron chi connectivity index (χ0n) is 11.0. The van der Waals surface area contributed by atoms with Gasteiger partial charge in [0.2, 0.25) is 11.2 Å². The molecule has 0 saturated carbocycles. The second-order valence-corrected chi connectivity index (χ2v) is 4.68. The van der Waals surface area contributed by atoms with Crippen LogP contribution >= 0.6 is 11.6 Å². The van der Waals surface area contributed by atoms with Gasteiger partial charge in [0, 0.05) is 13.1 Å². The molecule has 0 amide bonds. The maximum atomic E-state index is 12.9. The molecule has 3 rings (SSSR count). The monoisotopic (exact) mass is 310 g/mol. The van der Waals surface area contributed by atoms with Gasteiger partial charge in [-0.25, -0.2) is 4.39 Å². The second kappa shape index (κ2) is 6.19. The Bertz CT molecular complexity index is 620. The number of nitrogens with zero attached hydrogens (tertiary/aromatic N) is 4. The van der Waals surface area contributed by atoms with Gasteiger partial charge in [-0.15, -0.1) is 0 Å². The summed E-state index contributed by atoms with van der Waals surface area (Å²) in [5, 5.41) is 0.0450. The number of ether oxygens (including phenoxy) is 2. The maximum Gasteiger partial charge on any atom is 0.328 e. The van der Waals surface area contributed by atoms with Crippen LogP contribution in [0, 0.1) is 5.82 Å². The molecule has 6 nitrogen and oxygen atoms in total. The van der Waals surface area contributed by atoms with Gasteiger partial charge in [-0.2, -0.15) is 15.0 Å². The summed E-state index contributed by atoms with van der Waals surface area (Å²) in [7, 11) is 0. The zero-order chi connectivity index (χ0) is 14.7. The Morgan fingerprint density at radius 3 is 2.52 bits per heavy atom. The normalized spacial score (nSPS) is 15.0. The van der Waals surface area contributed by atoms with Crippen molar-refractivity contribution in [1.29, 1.82) is 0 Å². The molecule has 1 aromatic heterocycles. The highest BCUT2D eigenvalue weighted by molar-refractivity contribution is 6.28. The molecule has 1 aromatic carbocycles. The molecule has 21 heavy (non-hydrogen) atoms. The molecule has 1 saturated heterocycles. The summed E-state index contributed by atoms with van der Waals surface area (Å²) in [5.41, 5.74) is 0. The smallest absolute Gasteiger partial charge is 0.328 e. The minimum absolute atomic E-state index is 0.0450. The van der Waals surface area contributed by atoms with Gasteiger partial charge in [0.15, 0.2) is 0 Å². The topological polar surface area (TPSA) is 60.4 Å². The van der Waals surface area contributed by atoms with Crippen molar-refractivity contribution in [3.8, 4) is 11.8 Å². The fourth-order valence-corrected chi connectivity index (χ4v) is 2.03. The number of morpholine rings is 1. The lowest BCUT2D eigenvalue weighted by atomic mass is 10.3. The van der Waals surface area contributed by atoms with Crippen LogP contribution in [0.2, 0.25) is 5.28 Å². The Balaban J connectivity index is 1.81. The summed E-state index contributed by atoms with van der Waals surface area (Å²) in [6, 6.07) is 5.63. The molecule has 110 valence electrons. The molecule has 2 aromatic rings. The van der Waals surface area contributed by atoms with E-state index in [-0.39, 0.29) is 17.1 Å². The van der Waals surface area contributed by atoms with Crippen molar-refractivity contribution >= 4 is 17.5 Å². The van der Waals surface area contributed by atoms with Crippen molar-refractivity contribution < 1.29 is 13.9 Å². The Hall–Kier alpha value is -1.99. The summed E-state index contributed by atoms with van der Waals surface area (Å²) < 4.78 is 23.6. The number of halogens is 2. The Kier molecular flexibility index (Phi) is 4.12. The van der Waals surface area contributed by atoms with Gasteiger partial charge < -0.3 is 14.4 Å². The van der Waals surface area contributed by atoms with E-state index in [4.69, 9.17) is 21.1 Å². The van der Waals surface area contributed by atoms with Crippen LogP contribution in [0.15, 0.2) is 24.3 Å². The van der Waals surface area contributed by atoms with Crippen LogP contribution in [-0.2, 0) is 4.74 Å². The quantitative estimate of drug-likeness (QED) is 0.867. The highest BCUT2D eigenvalue weighted by Gasteiger charge is 2.16. The van der Waals surface area contributed by atoms with Crippen LogP contribution in [0.1, 0.15) is 0 Å². The Labute approximate surface area is 125 Å². The van der Waals surface area contributed by atoms with Crippen molar-refractivity contribution in [2.75, 3.05) is 31.2 Å². The third kappa shape index (κ3) is 3.56. The van der Waals surface area contributed by atoms with Gasteiger partial charge in [-0.3, -0.25) is 0 Å². The van der Waals surface area contributed by atoms with Crippen LogP contribution in [0.25, 0.3) is 0 Å². The number of hydrogen-bond donors (Lipinski definition) is 0. The first-order valence-electron chi connectivity index (χ1n) is 6.38. The maximum absolute atomic E-state index is 12.9. The van der Waals surface area contributed by atoms with E-state index in [1.807, 2.05) is 4.90 Å². The molecule has 0 radical (unpaired) electrons. The number of aromatic nitrogens is 3. The largest absolute Gasteiger partial charge is 0.424 e. The number of anilines is 1. The third-order valence-electron chi connectivity index (χ3n) is 2.89. The van der Waals surface area contributed by atoms with Crippen LogP contribution in [0.4, 0.5) is 10.3 Å². The van der Waals surface area contributed by atoms with Crippen molar-refractivity contribution in [2.45, 2.75) is 0 Å². The first-order chi connectivity index (χ1) is 10.2. The van der Waals surface area contributed by atoms with E-state index in [2.05, 4.69) is 15.0 Å². The van der Waals surface area contributed by atoms with E-state index >= 15 is 0 Å². The van der Waals surface area contributed by atoms with Crippen LogP contribution in [0.3, 0.4) is 0 Å². The third-order valence-corrected chi connectivity index (χ3v) is 3.06. The average Bonchev–Trinajstić information content (AvgIpc) is 2.50. The molecule has 0 atom stereocenters. The summed E-state index contributed by atoms with van der Waals surface area (Å²) in [5.74, 6) is 0.520. The van der Waals surface area contributed by atoms with E-state index in [0.717, 1.165) is 0 Å². The van der Waals surface area contributed by atoms with Gasteiger partial charge in [0.05, 0.1) is 13.2 Å². The van der Waals surface area contributed by atoms with Gasteiger partial charge in [-0.1, -0.05) is 0 Å². The van der Waals surface area contributed by atoms with E-state index in [1.54, 1.807) is 0 Å². The lowest BCUT2D eigenvalue weighted by molar-refractivity contribution is 0.122. The van der Waals surface area contributed by atoms with Crippen molar-refractivity contribution in [2.24, 2.45) is 0 Å². The summed E-state index contributed by atoms with van der Waals surface area (Å²) in [6.07, 6.45) is 0. The second-order valence-electron chi connectivity index (χ2n) is 4.34. The molecule has 2 heterocycles. The molecule has 0 spiro atoms. The Morgan fingerprint density at radius 2 is 1.81 bits per heavy atom. The van der Waals surface area contributed by atoms with Crippen molar-refractivity contribution in [1.82, 2.24) is 15.0 Å². The van der Waals surface area contributed by atoms with E-state index in [9.17, 15) is 4.39 Å². The number of hydrogen-bond acceptors (Lipinski definition) is 6. The van der Waals surface area contributed by atoms with Gasteiger partial charge >= 0.3 is 6.01 Å².